The van der Waals surface area contributed by atoms with Gasteiger partial charge in [-0.1, -0.05) is 12.2 Å². The lowest BCUT2D eigenvalue weighted by molar-refractivity contribution is -0.137. The van der Waals surface area contributed by atoms with Crippen molar-refractivity contribution in [2.24, 2.45) is 0 Å². The molecule has 0 aliphatic heterocycles. The van der Waals surface area contributed by atoms with Gasteiger partial charge in [-0.3, -0.25) is 0 Å². The number of anilines is 1. The van der Waals surface area contributed by atoms with Crippen LogP contribution < -0.4 is 11.1 Å². The normalized spacial score (nSPS) is 12.4. The van der Waals surface area contributed by atoms with Crippen LogP contribution in [0.1, 0.15) is 38.3 Å². The third-order valence-corrected chi connectivity index (χ3v) is 2.53. The molecule has 1 amide bonds. The molecular formula is C15H20F3N3O2. The second kappa shape index (κ2) is 7.34. The van der Waals surface area contributed by atoms with Crippen molar-refractivity contribution in [2.45, 2.75) is 39.0 Å². The molecule has 0 spiro atoms. The third-order valence-electron chi connectivity index (χ3n) is 2.53. The zero-order valence-corrected chi connectivity index (χ0v) is 13.2. The molecule has 1 aromatic rings. The highest BCUT2D eigenvalue weighted by Crippen LogP contribution is 2.33. The molecule has 0 fully saturated rings. The van der Waals surface area contributed by atoms with E-state index >= 15 is 0 Å². The van der Waals surface area contributed by atoms with Gasteiger partial charge in [-0.25, -0.2) is 9.78 Å². The van der Waals surface area contributed by atoms with Crippen LogP contribution in [0.25, 0.3) is 6.08 Å². The van der Waals surface area contributed by atoms with Crippen molar-refractivity contribution in [1.29, 1.82) is 0 Å². The largest absolute Gasteiger partial charge is 0.444 e. The molecule has 0 aromatic carbocycles. The lowest BCUT2D eigenvalue weighted by Crippen LogP contribution is -2.32. The standard InChI is InChI=1S/C15H20F3N3O2/c1-14(2,3)23-13(22)20-7-5-4-6-10-8-11(15(16,17)18)12(19)21-9-10/h4,6,8-9H,5,7H2,1-3H3,(H2,19,21)(H,20,22). The molecule has 0 saturated carbocycles. The quantitative estimate of drug-likeness (QED) is 0.826. The van der Waals surface area contributed by atoms with Crippen LogP contribution in [0.4, 0.5) is 23.8 Å². The maximum Gasteiger partial charge on any atom is 0.419 e. The second-order valence-corrected chi connectivity index (χ2v) is 5.82. The molecule has 5 nitrogen and oxygen atoms in total. The number of hydrogen-bond acceptors (Lipinski definition) is 4. The number of rotatable bonds is 4. The summed E-state index contributed by atoms with van der Waals surface area (Å²) >= 11 is 0. The second-order valence-electron chi connectivity index (χ2n) is 5.82. The molecule has 0 aliphatic carbocycles. The molecule has 128 valence electrons. The van der Waals surface area contributed by atoms with Crippen molar-refractivity contribution in [3.63, 3.8) is 0 Å². The summed E-state index contributed by atoms with van der Waals surface area (Å²) in [5.41, 5.74) is 3.95. The van der Waals surface area contributed by atoms with E-state index in [1.165, 1.54) is 12.3 Å². The summed E-state index contributed by atoms with van der Waals surface area (Å²) in [5, 5.41) is 2.54. The van der Waals surface area contributed by atoms with Gasteiger partial charge >= 0.3 is 12.3 Å². The number of carbonyl (C=O) groups is 1. The molecular weight excluding hydrogens is 311 g/mol. The summed E-state index contributed by atoms with van der Waals surface area (Å²) in [6, 6.07) is 0.931. The SMILES string of the molecule is CC(C)(C)OC(=O)NCCC=Cc1cnc(N)c(C(F)(F)F)c1. The zero-order valence-electron chi connectivity index (χ0n) is 13.2. The van der Waals surface area contributed by atoms with Gasteiger partial charge in [0.15, 0.2) is 0 Å². The maximum absolute atomic E-state index is 12.7. The Morgan fingerprint density at radius 3 is 2.61 bits per heavy atom. The van der Waals surface area contributed by atoms with Gasteiger partial charge in [-0.15, -0.1) is 0 Å². The molecule has 0 bridgehead atoms. The summed E-state index contributed by atoms with van der Waals surface area (Å²) in [7, 11) is 0. The summed E-state index contributed by atoms with van der Waals surface area (Å²) in [4.78, 5) is 14.9. The molecule has 1 rings (SSSR count). The van der Waals surface area contributed by atoms with Crippen LogP contribution in [0, 0.1) is 0 Å². The fourth-order valence-electron chi connectivity index (χ4n) is 1.60. The van der Waals surface area contributed by atoms with Crippen LogP contribution in [0.5, 0.6) is 0 Å². The van der Waals surface area contributed by atoms with Crippen molar-refractivity contribution in [3.05, 3.63) is 29.5 Å². The number of pyridine rings is 1. The summed E-state index contributed by atoms with van der Waals surface area (Å²) < 4.78 is 43.1. The number of alkyl halides is 3. The van der Waals surface area contributed by atoms with Crippen molar-refractivity contribution in [1.82, 2.24) is 10.3 Å². The highest BCUT2D eigenvalue weighted by atomic mass is 19.4. The fourth-order valence-corrected chi connectivity index (χ4v) is 1.60. The van der Waals surface area contributed by atoms with E-state index in [1.54, 1.807) is 26.8 Å². The molecule has 3 N–H and O–H groups in total. The van der Waals surface area contributed by atoms with Crippen LogP contribution in [0.2, 0.25) is 0 Å². The van der Waals surface area contributed by atoms with E-state index < -0.39 is 29.3 Å². The van der Waals surface area contributed by atoms with E-state index in [4.69, 9.17) is 10.5 Å². The summed E-state index contributed by atoms with van der Waals surface area (Å²) in [5.74, 6) is -0.554. The Kier molecular flexibility index (Phi) is 6.00. The molecule has 23 heavy (non-hydrogen) atoms. The van der Waals surface area contributed by atoms with Crippen molar-refractivity contribution >= 4 is 18.0 Å². The molecule has 1 heterocycles. The third kappa shape index (κ3) is 7.03. The van der Waals surface area contributed by atoms with E-state index in [0.29, 0.717) is 13.0 Å². The number of halogens is 3. The molecule has 0 aliphatic rings. The van der Waals surface area contributed by atoms with Crippen molar-refractivity contribution in [2.75, 3.05) is 12.3 Å². The Balaban J connectivity index is 2.52. The summed E-state index contributed by atoms with van der Waals surface area (Å²) in [6.45, 7) is 5.55. The molecule has 0 unspecified atom stereocenters. The number of nitrogens with one attached hydrogen (secondary N) is 1. The molecule has 8 heteroatoms. The van der Waals surface area contributed by atoms with E-state index in [2.05, 4.69) is 10.3 Å². The smallest absolute Gasteiger partial charge is 0.419 e. The first-order valence-electron chi connectivity index (χ1n) is 6.95. The Morgan fingerprint density at radius 2 is 2.04 bits per heavy atom. The number of nitrogens with zero attached hydrogens (tertiary/aromatic N) is 1. The predicted molar refractivity (Wildman–Crippen MR) is 81.5 cm³/mol. The topological polar surface area (TPSA) is 77.2 Å². The van der Waals surface area contributed by atoms with E-state index in [0.717, 1.165) is 6.07 Å². The number of nitrogen functional groups attached to an aromatic ring is 1. The number of aromatic nitrogens is 1. The molecule has 0 atom stereocenters. The first-order valence-corrected chi connectivity index (χ1v) is 6.95. The van der Waals surface area contributed by atoms with Gasteiger partial charge in [-0.05, 0) is 38.8 Å². The van der Waals surface area contributed by atoms with Gasteiger partial charge < -0.3 is 15.8 Å². The highest BCUT2D eigenvalue weighted by Gasteiger charge is 2.33. The predicted octanol–water partition coefficient (Wildman–Crippen LogP) is 3.61. The lowest BCUT2D eigenvalue weighted by Gasteiger charge is -2.19. The van der Waals surface area contributed by atoms with Crippen LogP contribution in [-0.4, -0.2) is 23.2 Å². The van der Waals surface area contributed by atoms with E-state index in [-0.39, 0.29) is 5.56 Å². The maximum atomic E-state index is 12.7. The molecule has 1 aromatic heterocycles. The van der Waals surface area contributed by atoms with Crippen molar-refractivity contribution in [3.8, 4) is 0 Å². The van der Waals surface area contributed by atoms with E-state index in [1.807, 2.05) is 0 Å². The minimum Gasteiger partial charge on any atom is -0.444 e. The minimum absolute atomic E-state index is 0.281. The number of ether oxygens (including phenoxy) is 1. The van der Waals surface area contributed by atoms with Gasteiger partial charge in [0.05, 0.1) is 5.56 Å². The average Bonchev–Trinajstić information content (AvgIpc) is 2.36. The molecule has 0 radical (unpaired) electrons. The summed E-state index contributed by atoms with van der Waals surface area (Å²) in [6.07, 6.45) is -0.283. The van der Waals surface area contributed by atoms with Crippen LogP contribution in [0.3, 0.4) is 0 Å². The average molecular weight is 331 g/mol. The lowest BCUT2D eigenvalue weighted by atomic mass is 10.1. The number of nitrogens with two attached hydrogens (primary N) is 1. The minimum atomic E-state index is -4.54. The Hall–Kier alpha value is -2.25. The number of hydrogen-bond donors (Lipinski definition) is 2. The van der Waals surface area contributed by atoms with Crippen LogP contribution in [-0.2, 0) is 10.9 Å². The van der Waals surface area contributed by atoms with Crippen molar-refractivity contribution < 1.29 is 22.7 Å². The fraction of sp³-hybridized carbons (Fsp3) is 0.467. The number of carbonyl (C=O) groups excluding carboxylic acids is 1. The van der Waals surface area contributed by atoms with Crippen LogP contribution in [0.15, 0.2) is 18.3 Å². The van der Waals surface area contributed by atoms with Gasteiger partial charge in [0.25, 0.3) is 0 Å². The van der Waals surface area contributed by atoms with E-state index in [9.17, 15) is 18.0 Å². The monoisotopic (exact) mass is 331 g/mol. The van der Waals surface area contributed by atoms with Gasteiger partial charge in [0, 0.05) is 12.7 Å². The Bertz CT molecular complexity index is 578. The van der Waals surface area contributed by atoms with Gasteiger partial charge in [0.2, 0.25) is 0 Å². The first kappa shape index (κ1) is 18.8. The van der Waals surface area contributed by atoms with Gasteiger partial charge in [0.1, 0.15) is 11.4 Å². The zero-order chi connectivity index (χ0) is 17.7. The Morgan fingerprint density at radius 1 is 1.39 bits per heavy atom. The Labute approximate surface area is 132 Å². The molecule has 0 saturated heterocycles. The number of amides is 1. The highest BCUT2D eigenvalue weighted by molar-refractivity contribution is 5.67. The van der Waals surface area contributed by atoms with Gasteiger partial charge in [-0.2, -0.15) is 13.2 Å². The number of alkyl carbamates (subject to hydrolysis) is 1. The first-order chi connectivity index (χ1) is 10.5. The van der Waals surface area contributed by atoms with Crippen LogP contribution >= 0.6 is 0 Å².